The van der Waals surface area contributed by atoms with E-state index in [-0.39, 0.29) is 17.0 Å². The molecule has 3 aromatic rings. The molecule has 8 heteroatoms. The number of para-hydroxylation sites is 2. The fourth-order valence-corrected chi connectivity index (χ4v) is 3.29. The molecule has 0 saturated carbocycles. The fourth-order valence-electron chi connectivity index (χ4n) is 3.29. The van der Waals surface area contributed by atoms with E-state index in [1.165, 1.54) is 18.9 Å². The Morgan fingerprint density at radius 1 is 0.938 bits per heavy atom. The first-order valence-electron chi connectivity index (χ1n) is 10.2. The highest BCUT2D eigenvalue weighted by Crippen LogP contribution is 2.35. The number of ether oxygens (including phenoxy) is 3. The molecule has 3 rings (SSSR count). The van der Waals surface area contributed by atoms with Crippen molar-refractivity contribution in [2.24, 2.45) is 0 Å². The number of nitrogens with zero attached hydrogens (tertiary/aromatic N) is 3. The molecule has 0 radical (unpaired) electrons. The SMILES string of the molecule is COC(=O)c1c(-c2ccccc2OCCCN(C)C)nn(-c2ccccc2)c1C(=O)OC. The third-order valence-corrected chi connectivity index (χ3v) is 4.80. The number of hydrogen-bond donors (Lipinski definition) is 0. The molecule has 0 fully saturated rings. The number of methoxy groups -OCH3 is 2. The average Bonchev–Trinajstić information content (AvgIpc) is 3.22. The predicted molar refractivity (Wildman–Crippen MR) is 120 cm³/mol. The first kappa shape index (κ1) is 23.0. The first-order valence-corrected chi connectivity index (χ1v) is 10.2. The summed E-state index contributed by atoms with van der Waals surface area (Å²) in [6, 6.07) is 16.3. The Morgan fingerprint density at radius 3 is 2.25 bits per heavy atom. The van der Waals surface area contributed by atoms with Gasteiger partial charge < -0.3 is 19.1 Å². The number of aromatic nitrogens is 2. The molecular formula is C24H27N3O5. The Kier molecular flexibility index (Phi) is 7.62. The van der Waals surface area contributed by atoms with E-state index in [0.29, 0.717) is 23.6 Å². The van der Waals surface area contributed by atoms with Crippen LogP contribution in [-0.2, 0) is 9.47 Å². The Balaban J connectivity index is 2.16. The summed E-state index contributed by atoms with van der Waals surface area (Å²) in [4.78, 5) is 27.6. The van der Waals surface area contributed by atoms with Gasteiger partial charge in [0.25, 0.3) is 0 Å². The lowest BCUT2D eigenvalue weighted by Crippen LogP contribution is -2.16. The van der Waals surface area contributed by atoms with Crippen molar-refractivity contribution in [3.63, 3.8) is 0 Å². The van der Waals surface area contributed by atoms with Gasteiger partial charge in [0, 0.05) is 12.1 Å². The Bertz CT molecular complexity index is 1080. The molecule has 0 saturated heterocycles. The van der Waals surface area contributed by atoms with Gasteiger partial charge in [0.1, 0.15) is 17.0 Å². The maximum atomic E-state index is 12.8. The number of esters is 2. The van der Waals surface area contributed by atoms with Crippen LogP contribution in [0.2, 0.25) is 0 Å². The zero-order chi connectivity index (χ0) is 23.1. The van der Waals surface area contributed by atoms with E-state index in [9.17, 15) is 9.59 Å². The number of benzene rings is 2. The maximum absolute atomic E-state index is 12.8. The Labute approximate surface area is 187 Å². The Morgan fingerprint density at radius 2 is 1.59 bits per heavy atom. The standard InChI is InChI=1S/C24H27N3O5/c1-26(2)15-10-16-32-19-14-9-8-13-18(19)21-20(23(28)30-3)22(24(29)31-4)27(25-21)17-11-6-5-7-12-17/h5-9,11-14H,10,15-16H2,1-4H3. The van der Waals surface area contributed by atoms with Crippen LogP contribution >= 0.6 is 0 Å². The number of carbonyl (C=O) groups is 2. The largest absolute Gasteiger partial charge is 0.493 e. The third-order valence-electron chi connectivity index (χ3n) is 4.80. The van der Waals surface area contributed by atoms with E-state index in [0.717, 1.165) is 13.0 Å². The highest BCUT2D eigenvalue weighted by Gasteiger charge is 2.32. The summed E-state index contributed by atoms with van der Waals surface area (Å²) in [7, 11) is 6.52. The highest BCUT2D eigenvalue weighted by atomic mass is 16.5. The van der Waals surface area contributed by atoms with Crippen LogP contribution in [-0.4, -0.2) is 68.1 Å². The molecule has 0 bridgehead atoms. The topological polar surface area (TPSA) is 82.9 Å². The summed E-state index contributed by atoms with van der Waals surface area (Å²) in [6.07, 6.45) is 0.830. The van der Waals surface area contributed by atoms with E-state index in [4.69, 9.17) is 14.2 Å². The van der Waals surface area contributed by atoms with Crippen LogP contribution < -0.4 is 4.74 Å². The minimum Gasteiger partial charge on any atom is -0.493 e. The second-order valence-electron chi connectivity index (χ2n) is 7.30. The van der Waals surface area contributed by atoms with Gasteiger partial charge in [-0.3, -0.25) is 0 Å². The molecule has 8 nitrogen and oxygen atoms in total. The summed E-state index contributed by atoms with van der Waals surface area (Å²) in [6.45, 7) is 1.37. The lowest BCUT2D eigenvalue weighted by Gasteiger charge is -2.13. The molecule has 0 atom stereocenters. The van der Waals surface area contributed by atoms with Gasteiger partial charge in [0.05, 0.1) is 26.5 Å². The number of rotatable bonds is 9. The van der Waals surface area contributed by atoms with Crippen molar-refractivity contribution in [1.29, 1.82) is 0 Å². The predicted octanol–water partition coefficient (Wildman–Crippen LogP) is 3.44. The summed E-state index contributed by atoms with van der Waals surface area (Å²) < 4.78 is 17.4. The van der Waals surface area contributed by atoms with E-state index >= 15 is 0 Å². The summed E-state index contributed by atoms with van der Waals surface area (Å²) in [5.74, 6) is -0.826. The van der Waals surface area contributed by atoms with Crippen molar-refractivity contribution in [2.75, 3.05) is 41.5 Å². The van der Waals surface area contributed by atoms with E-state index < -0.39 is 11.9 Å². The molecule has 1 aromatic heterocycles. The van der Waals surface area contributed by atoms with Gasteiger partial charge in [0.2, 0.25) is 0 Å². The van der Waals surface area contributed by atoms with Crippen molar-refractivity contribution >= 4 is 11.9 Å². The Hall–Kier alpha value is -3.65. The summed E-state index contributed by atoms with van der Waals surface area (Å²) in [5, 5.41) is 4.63. The van der Waals surface area contributed by atoms with Gasteiger partial charge >= 0.3 is 11.9 Å². The number of carbonyl (C=O) groups excluding carboxylic acids is 2. The van der Waals surface area contributed by atoms with Gasteiger partial charge in [-0.25, -0.2) is 14.3 Å². The van der Waals surface area contributed by atoms with Crippen LogP contribution in [0.5, 0.6) is 5.75 Å². The van der Waals surface area contributed by atoms with E-state index in [1.807, 2.05) is 50.5 Å². The average molecular weight is 437 g/mol. The molecule has 0 aliphatic heterocycles. The van der Waals surface area contributed by atoms with Crippen molar-refractivity contribution < 1.29 is 23.8 Å². The zero-order valence-electron chi connectivity index (χ0n) is 18.7. The molecule has 0 aliphatic rings. The maximum Gasteiger partial charge on any atom is 0.357 e. The van der Waals surface area contributed by atoms with Crippen LogP contribution in [0, 0.1) is 0 Å². The molecule has 2 aromatic carbocycles. The molecule has 0 aliphatic carbocycles. The molecule has 0 spiro atoms. The van der Waals surface area contributed by atoms with Crippen molar-refractivity contribution in [3.8, 4) is 22.7 Å². The van der Waals surface area contributed by atoms with Crippen LogP contribution in [0.15, 0.2) is 54.6 Å². The van der Waals surface area contributed by atoms with Crippen LogP contribution in [0.1, 0.15) is 27.3 Å². The second kappa shape index (κ2) is 10.6. The van der Waals surface area contributed by atoms with Crippen LogP contribution in [0.3, 0.4) is 0 Å². The molecule has 0 unspecified atom stereocenters. The van der Waals surface area contributed by atoms with Gasteiger partial charge in [-0.15, -0.1) is 0 Å². The monoisotopic (exact) mass is 437 g/mol. The van der Waals surface area contributed by atoms with Gasteiger partial charge in [-0.1, -0.05) is 30.3 Å². The first-order chi connectivity index (χ1) is 15.5. The molecule has 0 amide bonds. The number of hydrogen-bond acceptors (Lipinski definition) is 7. The van der Waals surface area contributed by atoms with Gasteiger partial charge in [-0.05, 0) is 44.8 Å². The highest BCUT2D eigenvalue weighted by molar-refractivity contribution is 6.07. The minimum atomic E-state index is -0.697. The normalized spacial score (nSPS) is 10.8. The van der Waals surface area contributed by atoms with Crippen molar-refractivity contribution in [3.05, 3.63) is 65.9 Å². The van der Waals surface area contributed by atoms with Crippen molar-refractivity contribution in [2.45, 2.75) is 6.42 Å². The third kappa shape index (κ3) is 4.97. The lowest BCUT2D eigenvalue weighted by atomic mass is 10.0. The molecule has 32 heavy (non-hydrogen) atoms. The van der Waals surface area contributed by atoms with E-state index in [2.05, 4.69) is 10.00 Å². The fraction of sp³-hybridized carbons (Fsp3) is 0.292. The molecule has 168 valence electrons. The molecule has 0 N–H and O–H groups in total. The smallest absolute Gasteiger partial charge is 0.357 e. The molecular weight excluding hydrogens is 410 g/mol. The summed E-state index contributed by atoms with van der Waals surface area (Å²) in [5.41, 5.74) is 1.48. The quantitative estimate of drug-likeness (QED) is 0.375. The van der Waals surface area contributed by atoms with Crippen molar-refractivity contribution in [1.82, 2.24) is 14.7 Å². The summed E-state index contributed by atoms with van der Waals surface area (Å²) >= 11 is 0. The van der Waals surface area contributed by atoms with Crippen LogP contribution in [0.4, 0.5) is 0 Å². The van der Waals surface area contributed by atoms with Gasteiger partial charge in [-0.2, -0.15) is 5.10 Å². The van der Waals surface area contributed by atoms with Gasteiger partial charge in [0.15, 0.2) is 5.69 Å². The minimum absolute atomic E-state index is 0.0111. The lowest BCUT2D eigenvalue weighted by molar-refractivity contribution is 0.0549. The molecule has 1 heterocycles. The van der Waals surface area contributed by atoms with Crippen LogP contribution in [0.25, 0.3) is 16.9 Å². The second-order valence-corrected chi connectivity index (χ2v) is 7.30. The van der Waals surface area contributed by atoms with E-state index in [1.54, 1.807) is 18.2 Å². The zero-order valence-corrected chi connectivity index (χ0v) is 18.7.